The van der Waals surface area contributed by atoms with E-state index in [4.69, 9.17) is 10.6 Å². The minimum absolute atomic E-state index is 0.0174. The van der Waals surface area contributed by atoms with E-state index in [-0.39, 0.29) is 18.0 Å². The van der Waals surface area contributed by atoms with Crippen molar-refractivity contribution in [1.29, 1.82) is 0 Å². The summed E-state index contributed by atoms with van der Waals surface area (Å²) in [4.78, 5) is 0. The highest BCUT2D eigenvalue weighted by Gasteiger charge is 2.30. The summed E-state index contributed by atoms with van der Waals surface area (Å²) in [7, 11) is 1.74. The first-order chi connectivity index (χ1) is 10.2. The van der Waals surface area contributed by atoms with Gasteiger partial charge in [-0.3, -0.25) is 11.3 Å². The van der Waals surface area contributed by atoms with E-state index in [2.05, 4.69) is 21.4 Å². The Labute approximate surface area is 134 Å². The fraction of sp³-hybridized carbons (Fsp3) is 0.625. The van der Waals surface area contributed by atoms with Gasteiger partial charge in [0.15, 0.2) is 0 Å². The van der Waals surface area contributed by atoms with Crippen LogP contribution < -0.4 is 11.3 Å². The molecular weight excluding hydrogens is 335 g/mol. The Bertz CT molecular complexity index is 452. The average Bonchev–Trinajstić information content (AvgIpc) is 2.52. The lowest BCUT2D eigenvalue weighted by Crippen LogP contribution is -2.49. The van der Waals surface area contributed by atoms with Crippen LogP contribution in [0.15, 0.2) is 22.7 Å². The van der Waals surface area contributed by atoms with Crippen molar-refractivity contribution in [2.75, 3.05) is 7.11 Å². The number of methoxy groups -OCH3 is 1. The quantitative estimate of drug-likeness (QED) is 0.603. The van der Waals surface area contributed by atoms with Crippen LogP contribution in [-0.2, 0) is 11.2 Å². The molecule has 0 amide bonds. The second-order valence-electron chi connectivity index (χ2n) is 5.79. The molecule has 1 aromatic rings. The fourth-order valence-electron chi connectivity index (χ4n) is 3.36. The maximum absolute atomic E-state index is 13.6. The molecule has 3 N–H and O–H groups in total. The number of halogens is 2. The van der Waals surface area contributed by atoms with Gasteiger partial charge in [0.1, 0.15) is 5.82 Å². The van der Waals surface area contributed by atoms with E-state index in [1.54, 1.807) is 13.2 Å². The van der Waals surface area contributed by atoms with Crippen LogP contribution in [0.25, 0.3) is 0 Å². The number of hydrazine groups is 1. The molecule has 0 aliphatic heterocycles. The molecule has 0 radical (unpaired) electrons. The predicted octanol–water partition coefficient (Wildman–Crippen LogP) is 3.56. The predicted molar refractivity (Wildman–Crippen MR) is 86.3 cm³/mol. The highest BCUT2D eigenvalue weighted by molar-refractivity contribution is 9.10. The van der Waals surface area contributed by atoms with E-state index in [1.165, 1.54) is 38.2 Å². The van der Waals surface area contributed by atoms with Crippen molar-refractivity contribution in [2.45, 2.75) is 50.7 Å². The molecule has 0 bridgehead atoms. The highest BCUT2D eigenvalue weighted by Crippen LogP contribution is 2.31. The topological polar surface area (TPSA) is 47.3 Å². The first-order valence-electron chi connectivity index (χ1n) is 7.59. The van der Waals surface area contributed by atoms with E-state index in [1.807, 2.05) is 6.07 Å². The molecule has 1 aliphatic carbocycles. The Morgan fingerprint density at radius 3 is 2.71 bits per heavy atom. The maximum atomic E-state index is 13.6. The third kappa shape index (κ3) is 4.25. The lowest BCUT2D eigenvalue weighted by atomic mass is 9.81. The molecule has 5 heteroatoms. The summed E-state index contributed by atoms with van der Waals surface area (Å²) in [6.45, 7) is 0. The maximum Gasteiger partial charge on any atom is 0.137 e. The number of rotatable bonds is 6. The molecule has 1 fully saturated rings. The Balaban J connectivity index is 2.11. The number of nitrogens with one attached hydrogen (secondary N) is 1. The van der Waals surface area contributed by atoms with E-state index < -0.39 is 0 Å². The SMILES string of the molecule is COC(C1CCCCC1)C(Cc1cccc(F)c1Br)NN. The number of ether oxygens (including phenoxy) is 1. The van der Waals surface area contributed by atoms with Gasteiger partial charge in [0, 0.05) is 7.11 Å². The first kappa shape index (κ1) is 16.9. The summed E-state index contributed by atoms with van der Waals surface area (Å²) >= 11 is 3.32. The van der Waals surface area contributed by atoms with Gasteiger partial charge in [0.25, 0.3) is 0 Å². The molecule has 2 rings (SSSR count). The van der Waals surface area contributed by atoms with Crippen LogP contribution >= 0.6 is 15.9 Å². The van der Waals surface area contributed by atoms with Crippen LogP contribution in [0.2, 0.25) is 0 Å². The second kappa shape index (κ2) is 8.22. The van der Waals surface area contributed by atoms with Gasteiger partial charge in [-0.25, -0.2) is 4.39 Å². The van der Waals surface area contributed by atoms with Crippen molar-refractivity contribution in [1.82, 2.24) is 5.43 Å². The van der Waals surface area contributed by atoms with Crippen molar-refractivity contribution in [3.8, 4) is 0 Å². The van der Waals surface area contributed by atoms with Crippen LogP contribution in [-0.4, -0.2) is 19.3 Å². The van der Waals surface area contributed by atoms with Crippen LogP contribution in [0, 0.1) is 11.7 Å². The number of benzene rings is 1. The summed E-state index contributed by atoms with van der Waals surface area (Å²) in [6.07, 6.45) is 6.89. The molecule has 1 aliphatic rings. The summed E-state index contributed by atoms with van der Waals surface area (Å²) in [5.41, 5.74) is 3.79. The summed E-state index contributed by atoms with van der Waals surface area (Å²) in [6, 6.07) is 5.08. The van der Waals surface area contributed by atoms with Crippen LogP contribution in [0.3, 0.4) is 0 Å². The van der Waals surface area contributed by atoms with Gasteiger partial charge in [-0.15, -0.1) is 0 Å². The Hall–Kier alpha value is -0.490. The van der Waals surface area contributed by atoms with Crippen LogP contribution in [0.5, 0.6) is 0 Å². The molecule has 118 valence electrons. The van der Waals surface area contributed by atoms with E-state index in [9.17, 15) is 4.39 Å². The summed E-state index contributed by atoms with van der Waals surface area (Å²) in [5.74, 6) is 6.04. The molecule has 2 atom stereocenters. The monoisotopic (exact) mass is 358 g/mol. The van der Waals surface area contributed by atoms with E-state index >= 15 is 0 Å². The van der Waals surface area contributed by atoms with E-state index in [0.717, 1.165) is 5.56 Å². The molecule has 0 saturated heterocycles. The third-order valence-electron chi connectivity index (χ3n) is 4.47. The summed E-state index contributed by atoms with van der Waals surface area (Å²) in [5, 5.41) is 0. The minimum atomic E-state index is -0.241. The number of hydrogen-bond donors (Lipinski definition) is 2. The van der Waals surface area contributed by atoms with Crippen molar-refractivity contribution < 1.29 is 9.13 Å². The molecule has 3 nitrogen and oxygen atoms in total. The molecular formula is C16H24BrFN2O. The largest absolute Gasteiger partial charge is 0.379 e. The molecule has 0 aromatic heterocycles. The average molecular weight is 359 g/mol. The zero-order valence-corrected chi connectivity index (χ0v) is 14.0. The van der Waals surface area contributed by atoms with Gasteiger partial charge in [-0.05, 0) is 52.7 Å². The van der Waals surface area contributed by atoms with Crippen LogP contribution in [0.4, 0.5) is 4.39 Å². The number of nitrogens with two attached hydrogens (primary N) is 1. The smallest absolute Gasteiger partial charge is 0.137 e. The minimum Gasteiger partial charge on any atom is -0.379 e. The third-order valence-corrected chi connectivity index (χ3v) is 5.36. The Morgan fingerprint density at radius 2 is 2.10 bits per heavy atom. The number of hydrogen-bond acceptors (Lipinski definition) is 3. The lowest BCUT2D eigenvalue weighted by molar-refractivity contribution is 0.00822. The van der Waals surface area contributed by atoms with Gasteiger partial charge < -0.3 is 4.74 Å². The second-order valence-corrected chi connectivity index (χ2v) is 6.58. The van der Waals surface area contributed by atoms with Crippen molar-refractivity contribution in [3.63, 3.8) is 0 Å². The van der Waals surface area contributed by atoms with Crippen molar-refractivity contribution in [2.24, 2.45) is 11.8 Å². The molecule has 1 aromatic carbocycles. The normalized spacial score (nSPS) is 19.4. The standard InChI is InChI=1S/C16H24BrFN2O/c1-21-16(11-6-3-2-4-7-11)14(20-19)10-12-8-5-9-13(18)15(12)17/h5,8-9,11,14,16,20H,2-4,6-7,10,19H2,1H3. The van der Waals surface area contributed by atoms with Crippen molar-refractivity contribution >= 4 is 15.9 Å². The molecule has 2 unspecified atom stereocenters. The zero-order valence-electron chi connectivity index (χ0n) is 12.4. The van der Waals surface area contributed by atoms with Gasteiger partial charge in [0.05, 0.1) is 16.6 Å². The highest BCUT2D eigenvalue weighted by atomic mass is 79.9. The van der Waals surface area contributed by atoms with Gasteiger partial charge in [-0.2, -0.15) is 0 Å². The first-order valence-corrected chi connectivity index (χ1v) is 8.38. The molecule has 21 heavy (non-hydrogen) atoms. The lowest BCUT2D eigenvalue weighted by Gasteiger charge is -2.34. The van der Waals surface area contributed by atoms with Gasteiger partial charge in [-0.1, -0.05) is 31.4 Å². The fourth-order valence-corrected chi connectivity index (χ4v) is 3.79. The molecule has 1 saturated carbocycles. The summed E-state index contributed by atoms with van der Waals surface area (Å²) < 4.78 is 19.9. The molecule has 0 heterocycles. The Kier molecular flexibility index (Phi) is 6.61. The van der Waals surface area contributed by atoms with Gasteiger partial charge in [0.2, 0.25) is 0 Å². The molecule has 0 spiro atoms. The van der Waals surface area contributed by atoms with Crippen LogP contribution in [0.1, 0.15) is 37.7 Å². The van der Waals surface area contributed by atoms with Gasteiger partial charge >= 0.3 is 0 Å². The van der Waals surface area contributed by atoms with E-state index in [0.29, 0.717) is 16.8 Å². The van der Waals surface area contributed by atoms with Crippen molar-refractivity contribution in [3.05, 3.63) is 34.1 Å². The Morgan fingerprint density at radius 1 is 1.38 bits per heavy atom. The zero-order chi connectivity index (χ0) is 15.2.